The highest BCUT2D eigenvalue weighted by Crippen LogP contribution is 2.13. The van der Waals surface area contributed by atoms with Crippen molar-refractivity contribution in [2.24, 2.45) is 0 Å². The summed E-state index contributed by atoms with van der Waals surface area (Å²) in [6.45, 7) is 6.14. The van der Waals surface area contributed by atoms with E-state index in [1.54, 1.807) is 7.11 Å². The van der Waals surface area contributed by atoms with Gasteiger partial charge in [0.15, 0.2) is 0 Å². The molecule has 1 aliphatic rings. The van der Waals surface area contributed by atoms with Gasteiger partial charge in [0, 0.05) is 13.2 Å². The van der Waals surface area contributed by atoms with Crippen molar-refractivity contribution in [3.8, 4) is 0 Å². The van der Waals surface area contributed by atoms with Crippen molar-refractivity contribution in [2.75, 3.05) is 27.3 Å². The molecule has 0 saturated carbocycles. The molecule has 1 rings (SSSR count). The number of likely N-dealkylation sites (N-methyl/N-ethyl adjacent to an activating group) is 1. The van der Waals surface area contributed by atoms with E-state index in [1.807, 2.05) is 13.8 Å². The second kappa shape index (κ2) is 6.62. The summed E-state index contributed by atoms with van der Waals surface area (Å²) in [6.07, 6.45) is 2.65. The Bertz CT molecular complexity index is 85.6. The summed E-state index contributed by atoms with van der Waals surface area (Å²) in [4.78, 5) is 2.36. The van der Waals surface area contributed by atoms with Crippen LogP contribution in [0.2, 0.25) is 0 Å². The van der Waals surface area contributed by atoms with Crippen LogP contribution in [0.5, 0.6) is 0 Å². The van der Waals surface area contributed by atoms with Crippen molar-refractivity contribution in [3.05, 3.63) is 0 Å². The lowest BCUT2D eigenvalue weighted by atomic mass is 10.2. The third kappa shape index (κ3) is 3.73. The maximum absolute atomic E-state index is 5.05. The molecule has 11 heavy (non-hydrogen) atoms. The molecule has 68 valence electrons. The van der Waals surface area contributed by atoms with Crippen LogP contribution in [0.15, 0.2) is 0 Å². The lowest BCUT2D eigenvalue weighted by Gasteiger charge is -2.17. The molecule has 2 nitrogen and oxygen atoms in total. The number of rotatable bonds is 2. The summed E-state index contributed by atoms with van der Waals surface area (Å²) in [7, 11) is 3.93. The van der Waals surface area contributed by atoms with Crippen LogP contribution in [0.25, 0.3) is 0 Å². The molecule has 0 spiro atoms. The molecule has 0 radical (unpaired) electrons. The Kier molecular flexibility index (Phi) is 6.57. The number of nitrogens with zero attached hydrogens (tertiary/aromatic N) is 1. The standard InChI is InChI=1S/C7H15NO.C2H6/c1-8-5-3-4-7(8)6-9-2;1-2/h7H,3-6H2,1-2H3;1-2H3/t7-;/m0./s1. The number of hydrogen-bond donors (Lipinski definition) is 0. The highest BCUT2D eigenvalue weighted by molar-refractivity contribution is 4.75. The summed E-state index contributed by atoms with van der Waals surface area (Å²) in [5.74, 6) is 0. The maximum Gasteiger partial charge on any atom is 0.0617 e. The van der Waals surface area contributed by atoms with Crippen molar-refractivity contribution < 1.29 is 4.74 Å². The van der Waals surface area contributed by atoms with Gasteiger partial charge in [-0.1, -0.05) is 13.8 Å². The lowest BCUT2D eigenvalue weighted by molar-refractivity contribution is 0.129. The highest BCUT2D eigenvalue weighted by atomic mass is 16.5. The Labute approximate surface area is 70.5 Å². The van der Waals surface area contributed by atoms with Crippen molar-refractivity contribution in [1.82, 2.24) is 4.90 Å². The van der Waals surface area contributed by atoms with Gasteiger partial charge in [0.1, 0.15) is 0 Å². The minimum atomic E-state index is 0.690. The third-order valence-corrected chi connectivity index (χ3v) is 2.03. The van der Waals surface area contributed by atoms with Gasteiger partial charge in [-0.05, 0) is 26.4 Å². The molecule has 1 heterocycles. The van der Waals surface area contributed by atoms with Crippen molar-refractivity contribution >= 4 is 0 Å². The molecule has 0 aromatic rings. The van der Waals surface area contributed by atoms with E-state index in [0.717, 1.165) is 6.61 Å². The van der Waals surface area contributed by atoms with Crippen LogP contribution in [-0.4, -0.2) is 38.3 Å². The Balaban J connectivity index is 0.000000461. The third-order valence-electron chi connectivity index (χ3n) is 2.03. The molecular weight excluding hydrogens is 138 g/mol. The number of ether oxygens (including phenoxy) is 1. The summed E-state index contributed by atoms with van der Waals surface area (Å²) in [5, 5.41) is 0. The van der Waals surface area contributed by atoms with Gasteiger partial charge >= 0.3 is 0 Å². The Morgan fingerprint density at radius 2 is 2.09 bits per heavy atom. The van der Waals surface area contributed by atoms with Gasteiger partial charge in [0.2, 0.25) is 0 Å². The van der Waals surface area contributed by atoms with Gasteiger partial charge in [-0.3, -0.25) is 0 Å². The van der Waals surface area contributed by atoms with Crippen LogP contribution in [0.3, 0.4) is 0 Å². The first-order valence-corrected chi connectivity index (χ1v) is 4.54. The fourth-order valence-electron chi connectivity index (χ4n) is 1.38. The Morgan fingerprint density at radius 1 is 1.45 bits per heavy atom. The van der Waals surface area contributed by atoms with E-state index >= 15 is 0 Å². The van der Waals surface area contributed by atoms with Gasteiger partial charge in [0.25, 0.3) is 0 Å². The number of methoxy groups -OCH3 is 1. The van der Waals surface area contributed by atoms with Gasteiger partial charge < -0.3 is 9.64 Å². The number of hydrogen-bond acceptors (Lipinski definition) is 2. The zero-order valence-electron chi connectivity index (χ0n) is 8.26. The molecule has 0 unspecified atom stereocenters. The van der Waals surface area contributed by atoms with E-state index in [9.17, 15) is 0 Å². The van der Waals surface area contributed by atoms with Crippen LogP contribution >= 0.6 is 0 Å². The predicted molar refractivity (Wildman–Crippen MR) is 48.9 cm³/mol. The first-order chi connectivity index (χ1) is 5.34. The largest absolute Gasteiger partial charge is 0.383 e. The smallest absolute Gasteiger partial charge is 0.0617 e. The Hall–Kier alpha value is -0.0800. The van der Waals surface area contributed by atoms with Crippen molar-refractivity contribution in [2.45, 2.75) is 32.7 Å². The Morgan fingerprint density at radius 3 is 2.45 bits per heavy atom. The van der Waals surface area contributed by atoms with Gasteiger partial charge in [0.05, 0.1) is 6.61 Å². The van der Waals surface area contributed by atoms with Crippen LogP contribution in [0.4, 0.5) is 0 Å². The van der Waals surface area contributed by atoms with Crippen LogP contribution < -0.4 is 0 Å². The molecule has 1 fully saturated rings. The lowest BCUT2D eigenvalue weighted by Crippen LogP contribution is -2.28. The minimum absolute atomic E-state index is 0.690. The van der Waals surface area contributed by atoms with E-state index in [-0.39, 0.29) is 0 Å². The van der Waals surface area contributed by atoms with Gasteiger partial charge in [-0.25, -0.2) is 0 Å². The van der Waals surface area contributed by atoms with E-state index in [1.165, 1.54) is 19.4 Å². The first kappa shape index (κ1) is 10.9. The van der Waals surface area contributed by atoms with Gasteiger partial charge in [-0.2, -0.15) is 0 Å². The molecule has 0 aromatic carbocycles. The highest BCUT2D eigenvalue weighted by Gasteiger charge is 2.19. The zero-order chi connectivity index (χ0) is 8.69. The second-order valence-electron chi connectivity index (χ2n) is 2.73. The summed E-state index contributed by atoms with van der Waals surface area (Å²) < 4.78 is 5.05. The molecule has 1 saturated heterocycles. The van der Waals surface area contributed by atoms with Crippen molar-refractivity contribution in [3.63, 3.8) is 0 Å². The monoisotopic (exact) mass is 159 g/mol. The molecule has 2 heteroatoms. The summed E-state index contributed by atoms with van der Waals surface area (Å²) >= 11 is 0. The van der Waals surface area contributed by atoms with E-state index < -0.39 is 0 Å². The SMILES string of the molecule is CC.COC[C@@H]1CCCN1C. The minimum Gasteiger partial charge on any atom is -0.383 e. The summed E-state index contributed by atoms with van der Waals surface area (Å²) in [6, 6.07) is 0.690. The molecular formula is C9H21NO. The van der Waals surface area contributed by atoms with E-state index in [2.05, 4.69) is 11.9 Å². The average Bonchev–Trinajstić information content (AvgIpc) is 2.42. The molecule has 0 aromatic heterocycles. The topological polar surface area (TPSA) is 12.5 Å². The molecule has 1 aliphatic heterocycles. The van der Waals surface area contributed by atoms with Crippen LogP contribution in [0, 0.1) is 0 Å². The fourth-order valence-corrected chi connectivity index (χ4v) is 1.38. The normalized spacial score (nSPS) is 24.5. The van der Waals surface area contributed by atoms with E-state index in [4.69, 9.17) is 4.74 Å². The molecule has 0 aliphatic carbocycles. The summed E-state index contributed by atoms with van der Waals surface area (Å²) in [5.41, 5.74) is 0. The van der Waals surface area contributed by atoms with Gasteiger partial charge in [-0.15, -0.1) is 0 Å². The van der Waals surface area contributed by atoms with Crippen LogP contribution in [-0.2, 0) is 4.74 Å². The zero-order valence-corrected chi connectivity index (χ0v) is 8.26. The maximum atomic E-state index is 5.05. The molecule has 0 N–H and O–H groups in total. The predicted octanol–water partition coefficient (Wildman–Crippen LogP) is 1.75. The second-order valence-corrected chi connectivity index (χ2v) is 2.73. The fraction of sp³-hybridized carbons (Fsp3) is 1.00. The molecule has 0 amide bonds. The average molecular weight is 159 g/mol. The van der Waals surface area contributed by atoms with E-state index in [0.29, 0.717) is 6.04 Å². The molecule has 1 atom stereocenters. The van der Waals surface area contributed by atoms with Crippen molar-refractivity contribution in [1.29, 1.82) is 0 Å². The number of likely N-dealkylation sites (tertiary alicyclic amines) is 1. The first-order valence-electron chi connectivity index (χ1n) is 4.54. The molecule has 0 bridgehead atoms. The quantitative estimate of drug-likeness (QED) is 0.608. The van der Waals surface area contributed by atoms with Crippen LogP contribution in [0.1, 0.15) is 26.7 Å².